The van der Waals surface area contributed by atoms with Crippen LogP contribution < -0.4 is 16.4 Å². The van der Waals surface area contributed by atoms with Gasteiger partial charge in [-0.25, -0.2) is 0 Å². The fraction of sp³-hybridized carbons (Fsp3) is 0. The van der Waals surface area contributed by atoms with Crippen molar-refractivity contribution in [2.45, 2.75) is 0 Å². The van der Waals surface area contributed by atoms with Crippen molar-refractivity contribution in [3.8, 4) is 0 Å². The maximum Gasteiger partial charge on any atom is 0.350 e. The zero-order valence-corrected chi connectivity index (χ0v) is 9.51. The molecule has 0 bridgehead atoms. The van der Waals surface area contributed by atoms with Gasteiger partial charge in [-0.15, -0.1) is 0 Å². The lowest BCUT2D eigenvalue weighted by molar-refractivity contribution is -0.416. The topological polar surface area (TPSA) is 117 Å². The van der Waals surface area contributed by atoms with Gasteiger partial charge in [-0.1, -0.05) is 24.8 Å². The van der Waals surface area contributed by atoms with Crippen LogP contribution in [0.1, 0.15) is 0 Å². The third kappa shape index (κ3) is 3.34. The number of anilines is 1. The Morgan fingerprint density at radius 2 is 2.06 bits per heavy atom. The Labute approximate surface area is 104 Å². The Morgan fingerprint density at radius 3 is 2.50 bits per heavy atom. The molecule has 0 aliphatic heterocycles. The molecule has 0 amide bonds. The Balaban J connectivity index is 3.15. The minimum atomic E-state index is -0.732. The summed E-state index contributed by atoms with van der Waals surface area (Å²) >= 11 is 0. The van der Waals surface area contributed by atoms with E-state index in [0.29, 0.717) is 5.69 Å². The van der Waals surface area contributed by atoms with Crippen LogP contribution in [-0.2, 0) is 0 Å². The number of nitrogens with one attached hydrogen (secondary N) is 3. The van der Waals surface area contributed by atoms with Crippen LogP contribution in [0.25, 0.3) is 0 Å². The molecule has 0 atom stereocenters. The summed E-state index contributed by atoms with van der Waals surface area (Å²) in [7, 11) is 0. The first-order valence-corrected chi connectivity index (χ1v) is 4.99. The molecule has 0 aliphatic rings. The number of hydrogen-bond acceptors (Lipinski definition) is 5. The summed E-state index contributed by atoms with van der Waals surface area (Å²) in [6, 6.07) is 8.81. The fourth-order valence-electron chi connectivity index (χ4n) is 1.26. The van der Waals surface area contributed by atoms with E-state index in [4.69, 9.17) is 11.1 Å². The molecule has 0 unspecified atom stereocenters. The highest BCUT2D eigenvalue weighted by molar-refractivity contribution is 5.93. The summed E-state index contributed by atoms with van der Waals surface area (Å²) in [6.07, 6.45) is 1.26. The first-order valence-electron chi connectivity index (χ1n) is 4.99. The van der Waals surface area contributed by atoms with E-state index in [0.717, 1.165) is 0 Å². The molecule has 18 heavy (non-hydrogen) atoms. The van der Waals surface area contributed by atoms with E-state index in [9.17, 15) is 10.1 Å². The van der Waals surface area contributed by atoms with Crippen LogP contribution in [-0.4, -0.2) is 10.8 Å². The minimum Gasteiger partial charge on any atom is -0.378 e. The minimum absolute atomic E-state index is 0.00583. The monoisotopic (exact) mass is 247 g/mol. The van der Waals surface area contributed by atoms with Crippen LogP contribution in [0.5, 0.6) is 0 Å². The van der Waals surface area contributed by atoms with Gasteiger partial charge in [0.2, 0.25) is 0 Å². The third-order valence-corrected chi connectivity index (χ3v) is 1.96. The van der Waals surface area contributed by atoms with E-state index in [1.807, 2.05) is 6.07 Å². The van der Waals surface area contributed by atoms with Crippen LogP contribution in [0.2, 0.25) is 0 Å². The van der Waals surface area contributed by atoms with Crippen molar-refractivity contribution in [2.75, 3.05) is 5.32 Å². The molecule has 0 aromatic heterocycles. The average molecular weight is 247 g/mol. The number of benzene rings is 1. The number of para-hydroxylation sites is 1. The molecule has 0 spiro atoms. The summed E-state index contributed by atoms with van der Waals surface area (Å²) < 4.78 is 0. The molecule has 1 aromatic rings. The Kier molecular flexibility index (Phi) is 4.44. The SMILES string of the molecule is C=CNC(Nc1ccccc1)=C(C(=N)N)[N+](=O)[O-]. The standard InChI is InChI=1S/C11H13N5O2/c1-2-14-11(9(10(12)13)16(17)18)15-8-6-4-3-5-7-8/h2-7,14-15H,1H2,(H3,12,13). The second kappa shape index (κ2) is 6.04. The van der Waals surface area contributed by atoms with Gasteiger partial charge < -0.3 is 16.4 Å². The third-order valence-electron chi connectivity index (χ3n) is 1.96. The van der Waals surface area contributed by atoms with Crippen molar-refractivity contribution in [2.24, 2.45) is 5.73 Å². The summed E-state index contributed by atoms with van der Waals surface area (Å²) in [5, 5.41) is 23.4. The van der Waals surface area contributed by atoms with Crippen molar-refractivity contribution in [3.63, 3.8) is 0 Å². The van der Waals surface area contributed by atoms with Gasteiger partial charge in [0.1, 0.15) is 0 Å². The zero-order valence-electron chi connectivity index (χ0n) is 9.51. The van der Waals surface area contributed by atoms with E-state index in [1.165, 1.54) is 6.20 Å². The lowest BCUT2D eigenvalue weighted by atomic mass is 10.3. The van der Waals surface area contributed by atoms with Crippen molar-refractivity contribution in [3.05, 3.63) is 64.7 Å². The van der Waals surface area contributed by atoms with Gasteiger partial charge in [-0.2, -0.15) is 0 Å². The number of rotatable bonds is 6. The zero-order chi connectivity index (χ0) is 13.5. The largest absolute Gasteiger partial charge is 0.378 e. The summed E-state index contributed by atoms with van der Waals surface area (Å²) in [4.78, 5) is 10.1. The second-order valence-electron chi connectivity index (χ2n) is 3.23. The molecule has 0 radical (unpaired) electrons. The first kappa shape index (κ1) is 13.2. The molecule has 7 nitrogen and oxygen atoms in total. The molecule has 7 heteroatoms. The number of hydrogen-bond donors (Lipinski definition) is 4. The van der Waals surface area contributed by atoms with Crippen molar-refractivity contribution >= 4 is 11.5 Å². The van der Waals surface area contributed by atoms with E-state index in [1.54, 1.807) is 24.3 Å². The quantitative estimate of drug-likeness (QED) is 0.261. The molecule has 0 saturated carbocycles. The summed E-state index contributed by atoms with van der Waals surface area (Å²) in [5.74, 6) is -0.651. The Bertz CT molecular complexity index is 479. The fourth-order valence-corrected chi connectivity index (χ4v) is 1.26. The van der Waals surface area contributed by atoms with Gasteiger partial charge in [0, 0.05) is 5.69 Å². The highest BCUT2D eigenvalue weighted by Crippen LogP contribution is 2.11. The molecule has 0 saturated heterocycles. The lowest BCUT2D eigenvalue weighted by Gasteiger charge is -2.10. The number of amidine groups is 1. The predicted octanol–water partition coefficient (Wildman–Crippen LogP) is 1.21. The first-order chi connectivity index (χ1) is 8.56. The molecule has 0 heterocycles. The predicted molar refractivity (Wildman–Crippen MR) is 69.3 cm³/mol. The lowest BCUT2D eigenvalue weighted by Crippen LogP contribution is -2.28. The average Bonchev–Trinajstić information content (AvgIpc) is 2.29. The van der Waals surface area contributed by atoms with Gasteiger partial charge in [-0.05, 0) is 18.3 Å². The van der Waals surface area contributed by atoms with Gasteiger partial charge in [0.25, 0.3) is 0 Å². The maximum absolute atomic E-state index is 10.9. The van der Waals surface area contributed by atoms with Gasteiger partial charge in [0.15, 0.2) is 11.7 Å². The number of nitrogens with zero attached hydrogens (tertiary/aromatic N) is 1. The van der Waals surface area contributed by atoms with Crippen molar-refractivity contribution < 1.29 is 4.92 Å². The summed E-state index contributed by atoms with van der Waals surface area (Å²) in [6.45, 7) is 3.42. The van der Waals surface area contributed by atoms with E-state index >= 15 is 0 Å². The molecular formula is C11H13N5O2. The normalized spacial score (nSPS) is 11.1. The number of nitrogens with two attached hydrogens (primary N) is 1. The molecule has 0 aliphatic carbocycles. The van der Waals surface area contributed by atoms with Crippen LogP contribution in [0, 0.1) is 15.5 Å². The van der Waals surface area contributed by atoms with Gasteiger partial charge in [0.05, 0.1) is 4.92 Å². The van der Waals surface area contributed by atoms with Crippen LogP contribution >= 0.6 is 0 Å². The molecule has 1 rings (SSSR count). The van der Waals surface area contributed by atoms with E-state index in [2.05, 4.69) is 17.2 Å². The molecular weight excluding hydrogens is 234 g/mol. The van der Waals surface area contributed by atoms with Crippen molar-refractivity contribution in [1.82, 2.24) is 5.32 Å². The Hall–Kier alpha value is -2.83. The van der Waals surface area contributed by atoms with Gasteiger partial charge >= 0.3 is 5.70 Å². The van der Waals surface area contributed by atoms with Crippen LogP contribution in [0.4, 0.5) is 5.69 Å². The summed E-state index contributed by atoms with van der Waals surface area (Å²) in [5.41, 5.74) is 5.28. The second-order valence-corrected chi connectivity index (χ2v) is 3.23. The highest BCUT2D eigenvalue weighted by atomic mass is 16.6. The maximum atomic E-state index is 10.9. The van der Waals surface area contributed by atoms with Gasteiger partial charge in [-0.3, -0.25) is 15.5 Å². The van der Waals surface area contributed by atoms with E-state index < -0.39 is 16.5 Å². The molecule has 1 aromatic carbocycles. The molecule has 5 N–H and O–H groups in total. The van der Waals surface area contributed by atoms with Crippen molar-refractivity contribution in [1.29, 1.82) is 5.41 Å². The molecule has 0 fully saturated rings. The van der Waals surface area contributed by atoms with Crippen LogP contribution in [0.3, 0.4) is 0 Å². The van der Waals surface area contributed by atoms with E-state index in [-0.39, 0.29) is 5.82 Å². The molecule has 94 valence electrons. The van der Waals surface area contributed by atoms with Crippen LogP contribution in [0.15, 0.2) is 54.6 Å². The highest BCUT2D eigenvalue weighted by Gasteiger charge is 2.22. The number of nitro groups is 1. The Morgan fingerprint density at radius 1 is 1.44 bits per heavy atom. The smallest absolute Gasteiger partial charge is 0.350 e.